The van der Waals surface area contributed by atoms with Gasteiger partial charge in [-0.1, -0.05) is 12.1 Å². The summed E-state index contributed by atoms with van der Waals surface area (Å²) in [6, 6.07) is 6.48. The van der Waals surface area contributed by atoms with Crippen molar-refractivity contribution in [2.75, 3.05) is 19.6 Å². The number of amides is 2. The Kier molecular flexibility index (Phi) is 6.02. The first-order valence-electron chi connectivity index (χ1n) is 7.92. The van der Waals surface area contributed by atoms with Gasteiger partial charge in [-0.25, -0.2) is 0 Å². The van der Waals surface area contributed by atoms with Gasteiger partial charge in [0.1, 0.15) is 6.42 Å². The third-order valence-electron chi connectivity index (χ3n) is 4.23. The van der Waals surface area contributed by atoms with Gasteiger partial charge in [-0.05, 0) is 30.9 Å². The molecule has 0 radical (unpaired) electrons. The largest absolute Gasteiger partial charge is 0.417 e. The molecule has 0 bridgehead atoms. The maximum atomic E-state index is 12.9. The van der Waals surface area contributed by atoms with Crippen molar-refractivity contribution in [3.63, 3.8) is 0 Å². The van der Waals surface area contributed by atoms with E-state index in [1.165, 1.54) is 12.1 Å². The molecule has 0 aliphatic carbocycles. The van der Waals surface area contributed by atoms with Crippen molar-refractivity contribution in [3.8, 4) is 6.07 Å². The van der Waals surface area contributed by atoms with Gasteiger partial charge in [0.2, 0.25) is 5.91 Å². The molecule has 2 rings (SSSR count). The van der Waals surface area contributed by atoms with Crippen LogP contribution in [-0.4, -0.2) is 36.3 Å². The highest BCUT2D eigenvalue weighted by molar-refractivity contribution is 5.95. The molecule has 1 heterocycles. The van der Waals surface area contributed by atoms with E-state index >= 15 is 0 Å². The van der Waals surface area contributed by atoms with Gasteiger partial charge in [0.05, 0.1) is 17.2 Å². The molecule has 1 fully saturated rings. The molecule has 0 aromatic heterocycles. The minimum atomic E-state index is -4.58. The molecule has 1 aliphatic heterocycles. The van der Waals surface area contributed by atoms with Crippen LogP contribution < -0.4 is 5.32 Å². The minimum Gasteiger partial charge on any atom is -0.352 e. The van der Waals surface area contributed by atoms with Crippen LogP contribution in [0.15, 0.2) is 24.3 Å². The zero-order valence-electron chi connectivity index (χ0n) is 13.5. The Labute approximate surface area is 143 Å². The maximum absolute atomic E-state index is 12.9. The van der Waals surface area contributed by atoms with E-state index in [1.54, 1.807) is 4.90 Å². The third kappa shape index (κ3) is 4.95. The van der Waals surface area contributed by atoms with Crippen LogP contribution in [-0.2, 0) is 11.0 Å². The standard InChI is InChI=1S/C17H18F3N3O2/c18-17(19,20)14-4-2-1-3-13(14)16(25)22-11-12-6-9-23(10-7-12)15(24)5-8-21/h1-4,12H,5-7,9-11H2,(H,22,25). The van der Waals surface area contributed by atoms with Crippen LogP contribution in [0.3, 0.4) is 0 Å². The van der Waals surface area contributed by atoms with Crippen molar-refractivity contribution >= 4 is 11.8 Å². The van der Waals surface area contributed by atoms with Crippen molar-refractivity contribution in [1.29, 1.82) is 5.26 Å². The number of piperidine rings is 1. The van der Waals surface area contributed by atoms with Gasteiger partial charge >= 0.3 is 6.18 Å². The lowest BCUT2D eigenvalue weighted by atomic mass is 9.96. The number of alkyl halides is 3. The highest BCUT2D eigenvalue weighted by atomic mass is 19.4. The van der Waals surface area contributed by atoms with Gasteiger partial charge in [0.25, 0.3) is 5.91 Å². The molecule has 0 spiro atoms. The summed E-state index contributed by atoms with van der Waals surface area (Å²) in [4.78, 5) is 25.3. The Morgan fingerprint density at radius 3 is 2.48 bits per heavy atom. The first kappa shape index (κ1) is 18.8. The average Bonchev–Trinajstić information content (AvgIpc) is 2.59. The number of benzene rings is 1. The van der Waals surface area contributed by atoms with E-state index in [1.807, 2.05) is 6.07 Å². The summed E-state index contributed by atoms with van der Waals surface area (Å²) in [5, 5.41) is 11.1. The van der Waals surface area contributed by atoms with Crippen molar-refractivity contribution < 1.29 is 22.8 Å². The Morgan fingerprint density at radius 2 is 1.88 bits per heavy atom. The van der Waals surface area contributed by atoms with Crippen LogP contribution in [0.4, 0.5) is 13.2 Å². The fourth-order valence-corrected chi connectivity index (χ4v) is 2.83. The topological polar surface area (TPSA) is 73.2 Å². The predicted octanol–water partition coefficient (Wildman–Crippen LogP) is 2.59. The number of carbonyl (C=O) groups is 2. The monoisotopic (exact) mass is 353 g/mol. The van der Waals surface area contributed by atoms with Crippen LogP contribution in [0, 0.1) is 17.2 Å². The van der Waals surface area contributed by atoms with Crippen LogP contribution in [0.1, 0.15) is 35.2 Å². The number of rotatable bonds is 4. The lowest BCUT2D eigenvalue weighted by Gasteiger charge is -2.31. The van der Waals surface area contributed by atoms with Gasteiger partial charge < -0.3 is 10.2 Å². The molecule has 5 nitrogen and oxygen atoms in total. The summed E-state index contributed by atoms with van der Waals surface area (Å²) in [5.74, 6) is -0.881. The second-order valence-electron chi connectivity index (χ2n) is 5.91. The SMILES string of the molecule is N#CCC(=O)N1CCC(CNC(=O)c2ccccc2C(F)(F)F)CC1. The molecule has 1 saturated heterocycles. The smallest absolute Gasteiger partial charge is 0.352 e. The fourth-order valence-electron chi connectivity index (χ4n) is 2.83. The van der Waals surface area contributed by atoms with E-state index in [-0.39, 0.29) is 24.8 Å². The van der Waals surface area contributed by atoms with Crippen molar-refractivity contribution in [2.24, 2.45) is 5.92 Å². The van der Waals surface area contributed by atoms with E-state index < -0.39 is 23.2 Å². The van der Waals surface area contributed by atoms with E-state index in [0.29, 0.717) is 25.9 Å². The molecule has 0 saturated carbocycles. The van der Waals surface area contributed by atoms with Crippen LogP contribution in [0.25, 0.3) is 0 Å². The Bertz CT molecular complexity index is 674. The molecular formula is C17H18F3N3O2. The van der Waals surface area contributed by atoms with E-state index in [2.05, 4.69) is 5.32 Å². The molecule has 8 heteroatoms. The molecule has 0 atom stereocenters. The van der Waals surface area contributed by atoms with Crippen molar-refractivity contribution in [1.82, 2.24) is 10.2 Å². The van der Waals surface area contributed by atoms with Gasteiger partial charge in [0.15, 0.2) is 0 Å². The highest BCUT2D eigenvalue weighted by Crippen LogP contribution is 2.31. The zero-order chi connectivity index (χ0) is 18.4. The number of halogens is 3. The second kappa shape index (κ2) is 8.01. The van der Waals surface area contributed by atoms with E-state index in [0.717, 1.165) is 12.1 Å². The van der Waals surface area contributed by atoms with E-state index in [9.17, 15) is 22.8 Å². The van der Waals surface area contributed by atoms with Crippen molar-refractivity contribution in [3.05, 3.63) is 35.4 Å². The molecule has 25 heavy (non-hydrogen) atoms. The third-order valence-corrected chi connectivity index (χ3v) is 4.23. The summed E-state index contributed by atoms with van der Waals surface area (Å²) in [7, 11) is 0. The minimum absolute atomic E-state index is 0.0909. The lowest BCUT2D eigenvalue weighted by Crippen LogP contribution is -2.41. The van der Waals surface area contributed by atoms with E-state index in [4.69, 9.17) is 5.26 Å². The number of likely N-dealkylation sites (tertiary alicyclic amines) is 1. The molecule has 134 valence electrons. The molecule has 0 unspecified atom stereocenters. The first-order valence-corrected chi connectivity index (χ1v) is 7.92. The number of nitrogens with one attached hydrogen (secondary N) is 1. The van der Waals surface area contributed by atoms with Crippen LogP contribution >= 0.6 is 0 Å². The number of hydrogen-bond acceptors (Lipinski definition) is 3. The highest BCUT2D eigenvalue weighted by Gasteiger charge is 2.35. The Balaban J connectivity index is 1.88. The lowest BCUT2D eigenvalue weighted by molar-refractivity contribution is -0.138. The quantitative estimate of drug-likeness (QED) is 0.904. The molecule has 1 aromatic carbocycles. The summed E-state index contributed by atoms with van der Waals surface area (Å²) in [6.07, 6.45) is -3.47. The first-order chi connectivity index (χ1) is 11.8. The molecule has 1 aromatic rings. The van der Waals surface area contributed by atoms with Crippen molar-refractivity contribution in [2.45, 2.75) is 25.4 Å². The number of nitriles is 1. The Hall–Kier alpha value is -2.56. The van der Waals surface area contributed by atoms with Gasteiger partial charge in [-0.2, -0.15) is 18.4 Å². The molecule has 1 N–H and O–H groups in total. The maximum Gasteiger partial charge on any atom is 0.417 e. The second-order valence-corrected chi connectivity index (χ2v) is 5.91. The predicted molar refractivity (Wildman–Crippen MR) is 83.3 cm³/mol. The molecule has 1 aliphatic rings. The van der Waals surface area contributed by atoms with Gasteiger partial charge in [0, 0.05) is 19.6 Å². The van der Waals surface area contributed by atoms with Gasteiger partial charge in [-0.3, -0.25) is 9.59 Å². The summed E-state index contributed by atoms with van der Waals surface area (Å²) >= 11 is 0. The summed E-state index contributed by atoms with van der Waals surface area (Å²) in [5.41, 5.74) is -1.35. The van der Waals surface area contributed by atoms with Gasteiger partial charge in [-0.15, -0.1) is 0 Å². The van der Waals surface area contributed by atoms with Crippen LogP contribution in [0.5, 0.6) is 0 Å². The zero-order valence-corrected chi connectivity index (χ0v) is 13.5. The number of hydrogen-bond donors (Lipinski definition) is 1. The number of carbonyl (C=O) groups excluding carboxylic acids is 2. The average molecular weight is 353 g/mol. The molecule has 2 amide bonds. The van der Waals surface area contributed by atoms with Crippen LogP contribution in [0.2, 0.25) is 0 Å². The molecular weight excluding hydrogens is 335 g/mol. The summed E-state index contributed by atoms with van der Waals surface area (Å²) < 4.78 is 38.8. The number of nitrogens with zero attached hydrogens (tertiary/aromatic N) is 2. The summed E-state index contributed by atoms with van der Waals surface area (Å²) in [6.45, 7) is 1.23. The normalized spacial score (nSPS) is 15.5. The Morgan fingerprint density at radius 1 is 1.24 bits per heavy atom. The fraction of sp³-hybridized carbons (Fsp3) is 0.471.